The van der Waals surface area contributed by atoms with Crippen molar-refractivity contribution in [1.29, 1.82) is 0 Å². The van der Waals surface area contributed by atoms with Crippen molar-refractivity contribution in [1.82, 2.24) is 5.27 Å². The zero-order valence-electron chi connectivity index (χ0n) is 7.86. The lowest BCUT2D eigenvalue weighted by atomic mass is 10.3. The van der Waals surface area contributed by atoms with Gasteiger partial charge in [0.1, 0.15) is 5.75 Å². The molecule has 0 spiro atoms. The van der Waals surface area contributed by atoms with Crippen LogP contribution in [0.25, 0.3) is 5.69 Å². The topological polar surface area (TPSA) is 59.1 Å². The van der Waals surface area contributed by atoms with Crippen molar-refractivity contribution in [3.05, 3.63) is 38.4 Å². The van der Waals surface area contributed by atoms with E-state index >= 15 is 0 Å². The molecule has 1 aromatic heterocycles. The van der Waals surface area contributed by atoms with Crippen molar-refractivity contribution in [2.75, 3.05) is 7.11 Å². The van der Waals surface area contributed by atoms with Gasteiger partial charge < -0.3 is 4.74 Å². The highest BCUT2D eigenvalue weighted by atomic mass is 127. The van der Waals surface area contributed by atoms with Crippen molar-refractivity contribution in [2.24, 2.45) is 0 Å². The van der Waals surface area contributed by atoms with Gasteiger partial charge in [-0.2, -0.15) is 0 Å². The number of hydrogen-bond donors (Lipinski definition) is 1. The lowest BCUT2D eigenvalue weighted by molar-refractivity contribution is -0.682. The van der Waals surface area contributed by atoms with Gasteiger partial charge in [0.2, 0.25) is 5.69 Å². The third-order valence-corrected chi connectivity index (χ3v) is 2.85. The molecule has 15 heavy (non-hydrogen) atoms. The molecule has 0 unspecified atom stereocenters. The first-order valence-corrected chi connectivity index (χ1v) is 5.23. The Kier molecular flexibility index (Phi) is 2.76. The van der Waals surface area contributed by atoms with Gasteiger partial charge in [-0.1, -0.05) is 0 Å². The van der Waals surface area contributed by atoms with Crippen LogP contribution in [-0.4, -0.2) is 12.4 Å². The predicted molar refractivity (Wildman–Crippen MR) is 60.1 cm³/mol. The summed E-state index contributed by atoms with van der Waals surface area (Å²) >= 11 is 1.92. The molecule has 1 N–H and O–H groups in total. The van der Waals surface area contributed by atoms with Crippen molar-refractivity contribution in [3.8, 4) is 11.4 Å². The SMILES string of the molecule is COc1ccc(-[n+]2[nH]oc(=O)c2I)cc1. The Hall–Kier alpha value is -1.31. The van der Waals surface area contributed by atoms with E-state index in [0.717, 1.165) is 11.4 Å². The molecular formula is C9H8IN2O3+. The van der Waals surface area contributed by atoms with Crippen molar-refractivity contribution in [2.45, 2.75) is 0 Å². The number of methoxy groups -OCH3 is 1. The smallest absolute Gasteiger partial charge is 0.441 e. The fourth-order valence-corrected chi connectivity index (χ4v) is 1.65. The molecule has 1 heterocycles. The minimum Gasteiger partial charge on any atom is -0.497 e. The number of ether oxygens (including phenoxy) is 1. The summed E-state index contributed by atoms with van der Waals surface area (Å²) in [7, 11) is 1.60. The van der Waals surface area contributed by atoms with Crippen LogP contribution in [0, 0.1) is 3.70 Å². The highest BCUT2D eigenvalue weighted by Crippen LogP contribution is 2.10. The van der Waals surface area contributed by atoms with Crippen molar-refractivity contribution in [3.63, 3.8) is 0 Å². The van der Waals surface area contributed by atoms with Crippen LogP contribution in [0.2, 0.25) is 0 Å². The second kappa shape index (κ2) is 4.05. The van der Waals surface area contributed by atoms with Crippen molar-refractivity contribution < 1.29 is 13.9 Å². The maximum absolute atomic E-state index is 11.1. The summed E-state index contributed by atoms with van der Waals surface area (Å²) in [4.78, 5) is 11.1. The van der Waals surface area contributed by atoms with Gasteiger partial charge in [-0.15, -0.1) is 0 Å². The van der Waals surface area contributed by atoms with Gasteiger partial charge in [0.25, 0.3) is 0 Å². The predicted octanol–water partition coefficient (Wildman–Crippen LogP) is 0.858. The van der Waals surface area contributed by atoms with Gasteiger partial charge in [-0.3, -0.25) is 4.52 Å². The molecule has 0 radical (unpaired) electrons. The lowest BCUT2D eigenvalue weighted by Crippen LogP contribution is -2.37. The minimum atomic E-state index is -0.383. The second-order valence-corrected chi connectivity index (χ2v) is 3.83. The molecule has 0 fully saturated rings. The quantitative estimate of drug-likeness (QED) is 0.660. The Morgan fingerprint density at radius 1 is 1.40 bits per heavy atom. The number of hydrogen-bond acceptors (Lipinski definition) is 3. The molecule has 0 aliphatic carbocycles. The van der Waals surface area contributed by atoms with Gasteiger partial charge in [0.05, 0.1) is 7.11 Å². The zero-order valence-corrected chi connectivity index (χ0v) is 10.0. The fraction of sp³-hybridized carbons (Fsp3) is 0.111. The van der Waals surface area contributed by atoms with Gasteiger partial charge in [0.15, 0.2) is 0 Å². The molecular weight excluding hydrogens is 311 g/mol. The maximum atomic E-state index is 11.1. The molecule has 0 saturated carbocycles. The first-order valence-electron chi connectivity index (χ1n) is 4.16. The molecule has 2 rings (SSSR count). The second-order valence-electron chi connectivity index (χ2n) is 2.81. The summed E-state index contributed by atoms with van der Waals surface area (Å²) in [5, 5.41) is 2.51. The summed E-state index contributed by atoms with van der Waals surface area (Å²) in [6.07, 6.45) is 0. The molecule has 1 aromatic carbocycles. The van der Waals surface area contributed by atoms with Crippen LogP contribution in [0.1, 0.15) is 0 Å². The molecule has 5 nitrogen and oxygen atoms in total. The number of H-pyrrole nitrogens is 1. The Bertz CT molecular complexity index is 515. The van der Waals surface area contributed by atoms with Crippen LogP contribution in [0.15, 0.2) is 33.6 Å². The molecule has 0 saturated heterocycles. The van der Waals surface area contributed by atoms with Crippen LogP contribution in [-0.2, 0) is 0 Å². The summed E-state index contributed by atoms with van der Waals surface area (Å²) in [6, 6.07) is 7.27. The van der Waals surface area contributed by atoms with E-state index in [1.807, 2.05) is 46.9 Å². The third kappa shape index (κ3) is 1.89. The first kappa shape index (κ1) is 10.2. The molecule has 2 aromatic rings. The van der Waals surface area contributed by atoms with Gasteiger partial charge in [-0.25, -0.2) is 4.79 Å². The Morgan fingerprint density at radius 3 is 2.53 bits per heavy atom. The van der Waals surface area contributed by atoms with E-state index in [0.29, 0.717) is 3.70 Å². The molecule has 0 aliphatic rings. The average Bonchev–Trinajstić information content (AvgIpc) is 2.60. The fourth-order valence-electron chi connectivity index (χ4n) is 1.16. The molecule has 0 bridgehead atoms. The first-order chi connectivity index (χ1) is 7.22. The molecule has 0 amide bonds. The summed E-state index contributed by atoms with van der Waals surface area (Å²) in [6.45, 7) is 0. The number of aromatic amines is 1. The summed E-state index contributed by atoms with van der Waals surface area (Å²) in [5.74, 6) is 0.764. The summed E-state index contributed by atoms with van der Waals surface area (Å²) in [5.41, 5.74) is 0.428. The van der Waals surface area contributed by atoms with E-state index in [1.165, 1.54) is 0 Å². The van der Waals surface area contributed by atoms with E-state index in [9.17, 15) is 4.79 Å². The van der Waals surface area contributed by atoms with Gasteiger partial charge >= 0.3 is 9.33 Å². The van der Waals surface area contributed by atoms with Crippen LogP contribution in [0.5, 0.6) is 5.75 Å². The van der Waals surface area contributed by atoms with E-state index < -0.39 is 0 Å². The molecule has 0 atom stereocenters. The van der Waals surface area contributed by atoms with E-state index in [1.54, 1.807) is 11.8 Å². The lowest BCUT2D eigenvalue weighted by Gasteiger charge is -1.96. The highest BCUT2D eigenvalue weighted by molar-refractivity contribution is 14.1. The number of rotatable bonds is 2. The average molecular weight is 319 g/mol. The van der Waals surface area contributed by atoms with E-state index in [2.05, 4.69) is 9.79 Å². The number of aromatic nitrogens is 2. The van der Waals surface area contributed by atoms with Crippen LogP contribution >= 0.6 is 22.6 Å². The third-order valence-electron chi connectivity index (χ3n) is 1.93. The Morgan fingerprint density at radius 2 is 2.07 bits per heavy atom. The zero-order chi connectivity index (χ0) is 10.8. The monoisotopic (exact) mass is 319 g/mol. The van der Waals surface area contributed by atoms with Crippen LogP contribution in [0.3, 0.4) is 0 Å². The van der Waals surface area contributed by atoms with Gasteiger partial charge in [-0.05, 0) is 22.1 Å². The highest BCUT2D eigenvalue weighted by Gasteiger charge is 2.19. The number of halogens is 1. The normalized spacial score (nSPS) is 10.3. The van der Waals surface area contributed by atoms with E-state index in [-0.39, 0.29) is 5.63 Å². The van der Waals surface area contributed by atoms with Crippen LogP contribution in [0.4, 0.5) is 0 Å². The van der Waals surface area contributed by atoms with Gasteiger partial charge in [0, 0.05) is 34.7 Å². The molecule has 0 aliphatic heterocycles. The van der Waals surface area contributed by atoms with Crippen LogP contribution < -0.4 is 15.0 Å². The minimum absolute atomic E-state index is 0.383. The Balaban J connectivity index is 2.46. The summed E-state index contributed by atoms with van der Waals surface area (Å²) < 4.78 is 11.7. The Labute approximate surface area is 98.8 Å². The molecule has 6 heteroatoms. The van der Waals surface area contributed by atoms with E-state index in [4.69, 9.17) is 4.74 Å². The van der Waals surface area contributed by atoms with Crippen molar-refractivity contribution >= 4 is 22.6 Å². The number of benzene rings is 1. The number of nitrogens with zero attached hydrogens (tertiary/aromatic N) is 1. The number of nitrogens with one attached hydrogen (secondary N) is 1. The maximum Gasteiger partial charge on any atom is 0.441 e. The standard InChI is InChI=1S/C9H7IN2O3/c1-14-7-4-2-6(3-5-7)12-8(10)9(13)15-11-12/h2-5H,1H3/p+1. The largest absolute Gasteiger partial charge is 0.497 e. The molecule has 78 valence electrons.